The number of nitro benzene ring substituents is 1. The predicted molar refractivity (Wildman–Crippen MR) is 105 cm³/mol. The summed E-state index contributed by atoms with van der Waals surface area (Å²) in [7, 11) is -1.96. The molecule has 0 atom stereocenters. The Labute approximate surface area is 161 Å². The third-order valence-corrected chi connectivity index (χ3v) is 10.0. The van der Waals surface area contributed by atoms with Crippen molar-refractivity contribution in [3.63, 3.8) is 0 Å². The Balaban J connectivity index is 2.00. The molecule has 0 aromatic heterocycles. The summed E-state index contributed by atoms with van der Waals surface area (Å²) in [6, 6.07) is 5.34. The minimum absolute atomic E-state index is 0.0641. The quantitative estimate of drug-likeness (QED) is 0.209. The van der Waals surface area contributed by atoms with Crippen LogP contribution in [-0.2, 0) is 9.16 Å². The van der Waals surface area contributed by atoms with E-state index >= 15 is 0 Å². The minimum Gasteiger partial charge on any atom is -0.425 e. The molecule has 27 heavy (non-hydrogen) atoms. The summed E-state index contributed by atoms with van der Waals surface area (Å²) in [5, 5.41) is 10.8. The van der Waals surface area contributed by atoms with Crippen LogP contribution in [-0.4, -0.2) is 31.6 Å². The van der Waals surface area contributed by atoms with Crippen molar-refractivity contribution in [3.8, 4) is 5.75 Å². The molecule has 0 unspecified atom stereocenters. The molecule has 150 valence electrons. The third kappa shape index (κ3) is 5.52. The molecule has 0 heterocycles. The summed E-state index contributed by atoms with van der Waals surface area (Å²) >= 11 is 0. The van der Waals surface area contributed by atoms with E-state index in [-0.39, 0.29) is 16.5 Å². The van der Waals surface area contributed by atoms with E-state index in [1.54, 1.807) is 0 Å². The largest absolute Gasteiger partial charge is 0.514 e. The number of non-ortho nitro benzene ring substituents is 1. The van der Waals surface area contributed by atoms with Crippen LogP contribution in [0.1, 0.15) is 46.5 Å². The number of nitro groups is 1. The van der Waals surface area contributed by atoms with E-state index in [2.05, 4.69) is 33.9 Å². The van der Waals surface area contributed by atoms with Gasteiger partial charge in [-0.2, -0.15) is 0 Å². The van der Waals surface area contributed by atoms with E-state index in [0.29, 0.717) is 6.61 Å². The van der Waals surface area contributed by atoms with Crippen molar-refractivity contribution in [2.45, 2.75) is 70.2 Å². The Morgan fingerprint density at radius 1 is 1.19 bits per heavy atom. The Hall–Kier alpha value is -1.93. The van der Waals surface area contributed by atoms with Crippen LogP contribution >= 0.6 is 0 Å². The standard InChI is InChI=1S/C19H29NO6Si/c1-18(2,3)27(4,5)24-14-19(12-6-7-13-19)26-17(21)25-16-10-8-15(9-11-16)20(22)23/h8-11H,6-7,12-14H2,1-5H3. The van der Waals surface area contributed by atoms with Gasteiger partial charge in [-0.25, -0.2) is 4.79 Å². The molecule has 1 aliphatic rings. The maximum absolute atomic E-state index is 12.3. The highest BCUT2D eigenvalue weighted by molar-refractivity contribution is 6.74. The highest BCUT2D eigenvalue weighted by Gasteiger charge is 2.44. The molecular formula is C19H29NO6Si. The van der Waals surface area contributed by atoms with Gasteiger partial charge in [0.15, 0.2) is 8.32 Å². The smallest absolute Gasteiger partial charge is 0.425 e. The van der Waals surface area contributed by atoms with Gasteiger partial charge in [0.2, 0.25) is 0 Å². The first-order valence-electron chi connectivity index (χ1n) is 9.23. The van der Waals surface area contributed by atoms with Gasteiger partial charge in [-0.15, -0.1) is 0 Å². The summed E-state index contributed by atoms with van der Waals surface area (Å²) in [6.07, 6.45) is 2.65. The molecule has 7 nitrogen and oxygen atoms in total. The fourth-order valence-corrected chi connectivity index (χ4v) is 3.81. The summed E-state index contributed by atoms with van der Waals surface area (Å²) in [5.41, 5.74) is -0.723. The normalized spacial score (nSPS) is 16.8. The van der Waals surface area contributed by atoms with Gasteiger partial charge in [0, 0.05) is 12.1 Å². The summed E-state index contributed by atoms with van der Waals surface area (Å²) in [5.74, 6) is 0.212. The number of carbonyl (C=O) groups is 1. The summed E-state index contributed by atoms with van der Waals surface area (Å²) < 4.78 is 17.2. The van der Waals surface area contributed by atoms with E-state index in [1.165, 1.54) is 24.3 Å². The molecule has 0 radical (unpaired) electrons. The molecule has 0 saturated heterocycles. The molecule has 1 aromatic rings. The number of benzene rings is 1. The van der Waals surface area contributed by atoms with Crippen LogP contribution in [0.4, 0.5) is 10.5 Å². The van der Waals surface area contributed by atoms with Crippen molar-refractivity contribution in [3.05, 3.63) is 34.4 Å². The highest BCUT2D eigenvalue weighted by Crippen LogP contribution is 2.40. The monoisotopic (exact) mass is 395 g/mol. The molecule has 0 bridgehead atoms. The average molecular weight is 396 g/mol. The second kappa shape index (κ2) is 7.98. The van der Waals surface area contributed by atoms with Gasteiger partial charge >= 0.3 is 6.16 Å². The topological polar surface area (TPSA) is 87.9 Å². The van der Waals surface area contributed by atoms with E-state index in [1.807, 2.05) is 0 Å². The fraction of sp³-hybridized carbons (Fsp3) is 0.632. The zero-order chi connectivity index (χ0) is 20.3. The van der Waals surface area contributed by atoms with E-state index in [0.717, 1.165) is 25.7 Å². The Kier molecular flexibility index (Phi) is 6.31. The average Bonchev–Trinajstić information content (AvgIpc) is 3.01. The first kappa shape index (κ1) is 21.4. The number of nitrogens with zero attached hydrogens (tertiary/aromatic N) is 1. The second-order valence-electron chi connectivity index (χ2n) is 8.64. The van der Waals surface area contributed by atoms with Gasteiger partial charge in [0.25, 0.3) is 5.69 Å². The molecule has 1 saturated carbocycles. The van der Waals surface area contributed by atoms with Crippen molar-refractivity contribution >= 4 is 20.2 Å². The molecule has 8 heteroatoms. The van der Waals surface area contributed by atoms with Crippen molar-refractivity contribution in [1.29, 1.82) is 0 Å². The van der Waals surface area contributed by atoms with Crippen LogP contribution in [0, 0.1) is 10.1 Å². The lowest BCUT2D eigenvalue weighted by Crippen LogP contribution is -2.47. The lowest BCUT2D eigenvalue weighted by molar-refractivity contribution is -0.384. The third-order valence-electron chi connectivity index (χ3n) is 5.57. The first-order valence-corrected chi connectivity index (χ1v) is 12.1. The zero-order valence-corrected chi connectivity index (χ0v) is 17.7. The van der Waals surface area contributed by atoms with Gasteiger partial charge in [-0.3, -0.25) is 10.1 Å². The first-order chi connectivity index (χ1) is 12.4. The number of hydrogen-bond acceptors (Lipinski definition) is 6. The lowest BCUT2D eigenvalue weighted by atomic mass is 10.0. The van der Waals surface area contributed by atoms with Gasteiger partial charge < -0.3 is 13.9 Å². The van der Waals surface area contributed by atoms with Gasteiger partial charge in [0.1, 0.15) is 11.4 Å². The Morgan fingerprint density at radius 2 is 1.74 bits per heavy atom. The van der Waals surface area contributed by atoms with Crippen LogP contribution in [0.15, 0.2) is 24.3 Å². The van der Waals surface area contributed by atoms with E-state index in [4.69, 9.17) is 13.9 Å². The molecular weight excluding hydrogens is 366 g/mol. The fourth-order valence-electron chi connectivity index (χ4n) is 2.75. The summed E-state index contributed by atoms with van der Waals surface area (Å²) in [4.78, 5) is 22.5. The molecule has 2 rings (SSSR count). The second-order valence-corrected chi connectivity index (χ2v) is 13.5. The summed E-state index contributed by atoms with van der Waals surface area (Å²) in [6.45, 7) is 11.2. The molecule has 0 amide bonds. The van der Waals surface area contributed by atoms with Crippen LogP contribution in [0.2, 0.25) is 18.1 Å². The van der Waals surface area contributed by atoms with E-state index < -0.39 is 25.0 Å². The van der Waals surface area contributed by atoms with Crippen molar-refractivity contribution in [2.75, 3.05) is 6.61 Å². The van der Waals surface area contributed by atoms with Crippen LogP contribution in [0.5, 0.6) is 5.75 Å². The number of rotatable bonds is 6. The van der Waals surface area contributed by atoms with Crippen LogP contribution < -0.4 is 4.74 Å². The maximum Gasteiger partial charge on any atom is 0.514 e. The molecule has 0 aliphatic heterocycles. The minimum atomic E-state index is -1.96. The number of carbonyl (C=O) groups excluding carboxylic acids is 1. The Morgan fingerprint density at radius 3 is 2.22 bits per heavy atom. The van der Waals surface area contributed by atoms with Gasteiger partial charge in [-0.1, -0.05) is 20.8 Å². The van der Waals surface area contributed by atoms with Crippen molar-refractivity contribution in [2.24, 2.45) is 0 Å². The van der Waals surface area contributed by atoms with Gasteiger partial charge in [0.05, 0.1) is 11.5 Å². The lowest BCUT2D eigenvalue weighted by Gasteiger charge is -2.39. The molecule has 1 aliphatic carbocycles. The number of ether oxygens (including phenoxy) is 2. The van der Waals surface area contributed by atoms with Crippen LogP contribution in [0.3, 0.4) is 0 Å². The molecule has 0 spiro atoms. The zero-order valence-electron chi connectivity index (χ0n) is 16.7. The molecule has 1 aromatic carbocycles. The molecule has 0 N–H and O–H groups in total. The Bertz CT molecular complexity index is 674. The van der Waals surface area contributed by atoms with Crippen molar-refractivity contribution in [1.82, 2.24) is 0 Å². The van der Waals surface area contributed by atoms with Crippen molar-refractivity contribution < 1.29 is 23.6 Å². The SMILES string of the molecule is CC(C)(C)[Si](C)(C)OCC1(OC(=O)Oc2ccc([N+](=O)[O-])cc2)CCCC1. The van der Waals surface area contributed by atoms with Gasteiger partial charge in [-0.05, 0) is 55.9 Å². The maximum atomic E-state index is 12.3. The number of hydrogen-bond donors (Lipinski definition) is 0. The van der Waals surface area contributed by atoms with Crippen LogP contribution in [0.25, 0.3) is 0 Å². The predicted octanol–water partition coefficient (Wildman–Crippen LogP) is 5.44. The highest BCUT2D eigenvalue weighted by atomic mass is 28.4. The van der Waals surface area contributed by atoms with E-state index in [9.17, 15) is 14.9 Å². The molecule has 1 fully saturated rings.